The maximum Gasteiger partial charge on any atom is 0.174 e. The average Bonchev–Trinajstić information content (AvgIpc) is 3.33. The molecule has 0 aliphatic rings. The van der Waals surface area contributed by atoms with Crippen LogP contribution in [0.4, 0.5) is 0 Å². The van der Waals surface area contributed by atoms with Crippen LogP contribution in [0, 0.1) is 0 Å². The highest BCUT2D eigenvalue weighted by atomic mass is 16.1. The second-order valence-corrected chi connectivity index (χ2v) is 6.68. The number of rotatable bonds is 7. The van der Waals surface area contributed by atoms with E-state index < -0.39 is 11.8 Å². The monoisotopic (exact) mass is 381 g/mol. The van der Waals surface area contributed by atoms with Crippen molar-refractivity contribution in [1.29, 1.82) is 0 Å². The molecule has 4 rings (SSSR count). The number of nitrogens with one attached hydrogen (secondary N) is 1. The first-order valence-electron chi connectivity index (χ1n) is 9.35. The summed E-state index contributed by atoms with van der Waals surface area (Å²) < 4.78 is 0. The third-order valence-corrected chi connectivity index (χ3v) is 4.89. The fourth-order valence-electron chi connectivity index (χ4n) is 3.51. The van der Waals surface area contributed by atoms with Gasteiger partial charge in [-0.2, -0.15) is 5.10 Å². The molecule has 0 aliphatic carbocycles. The molecule has 1 aromatic heterocycles. The van der Waals surface area contributed by atoms with E-state index in [1.54, 1.807) is 36.4 Å². The molecule has 5 nitrogen and oxygen atoms in total. The summed E-state index contributed by atoms with van der Waals surface area (Å²) in [5, 5.41) is 6.85. The van der Waals surface area contributed by atoms with Crippen molar-refractivity contribution in [2.45, 2.75) is 11.8 Å². The Kier molecular flexibility index (Phi) is 5.38. The number of ketones is 2. The van der Waals surface area contributed by atoms with Crippen molar-refractivity contribution in [2.24, 2.45) is 0 Å². The summed E-state index contributed by atoms with van der Waals surface area (Å²) in [4.78, 5) is 31.4. The summed E-state index contributed by atoms with van der Waals surface area (Å²) in [5.41, 5.74) is 1.81. The standard InChI is InChI=1S/C24H19N3O2/c28-22(18-12-6-2-7-13-18)20(17-10-4-1-5-11-17)21(24-25-16-26-27-24)23(29)19-14-8-3-9-15-19/h1-16,20-21H,(H,25,26,27). The van der Waals surface area contributed by atoms with Crippen LogP contribution in [0.25, 0.3) is 0 Å². The lowest BCUT2D eigenvalue weighted by molar-refractivity contribution is 0.0862. The van der Waals surface area contributed by atoms with Gasteiger partial charge in [0.15, 0.2) is 17.4 Å². The summed E-state index contributed by atoms with van der Waals surface area (Å²) in [6, 6.07) is 27.3. The Labute approximate surface area is 168 Å². The molecule has 0 spiro atoms. The Hall–Kier alpha value is -3.86. The van der Waals surface area contributed by atoms with Crippen LogP contribution < -0.4 is 0 Å². The molecular weight excluding hydrogens is 362 g/mol. The Morgan fingerprint density at radius 2 is 1.14 bits per heavy atom. The van der Waals surface area contributed by atoms with E-state index in [1.165, 1.54) is 6.33 Å². The number of hydrogen-bond donors (Lipinski definition) is 1. The minimum absolute atomic E-state index is 0.143. The average molecular weight is 381 g/mol. The molecule has 4 aromatic rings. The fraction of sp³-hybridized carbons (Fsp3) is 0.0833. The summed E-state index contributed by atoms with van der Waals surface area (Å²) >= 11 is 0. The van der Waals surface area contributed by atoms with Crippen molar-refractivity contribution in [1.82, 2.24) is 15.2 Å². The molecule has 0 saturated heterocycles. The number of nitrogens with zero attached hydrogens (tertiary/aromatic N) is 2. The van der Waals surface area contributed by atoms with Gasteiger partial charge in [-0.3, -0.25) is 14.7 Å². The van der Waals surface area contributed by atoms with E-state index >= 15 is 0 Å². The highest BCUT2D eigenvalue weighted by molar-refractivity contribution is 6.09. The van der Waals surface area contributed by atoms with E-state index in [-0.39, 0.29) is 11.6 Å². The summed E-state index contributed by atoms with van der Waals surface area (Å²) in [6.45, 7) is 0. The first-order valence-corrected chi connectivity index (χ1v) is 9.35. The Balaban J connectivity index is 1.87. The third-order valence-electron chi connectivity index (χ3n) is 4.89. The maximum atomic E-state index is 13.6. The minimum atomic E-state index is -0.848. The quantitative estimate of drug-likeness (QED) is 0.480. The van der Waals surface area contributed by atoms with Crippen molar-refractivity contribution in [3.63, 3.8) is 0 Å². The van der Waals surface area contributed by atoms with Crippen molar-refractivity contribution >= 4 is 11.6 Å². The van der Waals surface area contributed by atoms with Gasteiger partial charge in [-0.25, -0.2) is 4.98 Å². The maximum absolute atomic E-state index is 13.6. The molecule has 0 saturated carbocycles. The van der Waals surface area contributed by atoms with E-state index in [1.807, 2.05) is 54.6 Å². The first-order chi connectivity index (χ1) is 14.3. The van der Waals surface area contributed by atoms with Crippen molar-refractivity contribution in [3.8, 4) is 0 Å². The van der Waals surface area contributed by atoms with Crippen molar-refractivity contribution < 1.29 is 9.59 Å². The second kappa shape index (κ2) is 8.44. The smallest absolute Gasteiger partial charge is 0.174 e. The van der Waals surface area contributed by atoms with Crippen LogP contribution >= 0.6 is 0 Å². The van der Waals surface area contributed by atoms with Crippen LogP contribution in [0.3, 0.4) is 0 Å². The number of Topliss-reactive ketones (excluding diaryl/α,β-unsaturated/α-hetero) is 2. The Morgan fingerprint density at radius 3 is 1.62 bits per heavy atom. The number of H-pyrrole nitrogens is 1. The molecule has 0 bridgehead atoms. The normalized spacial score (nSPS) is 12.8. The largest absolute Gasteiger partial charge is 0.293 e. The van der Waals surface area contributed by atoms with Crippen molar-refractivity contribution in [3.05, 3.63) is 120 Å². The van der Waals surface area contributed by atoms with Crippen LogP contribution in [0.15, 0.2) is 97.3 Å². The van der Waals surface area contributed by atoms with Gasteiger partial charge < -0.3 is 0 Å². The number of hydrogen-bond acceptors (Lipinski definition) is 4. The highest BCUT2D eigenvalue weighted by Crippen LogP contribution is 2.36. The Bertz CT molecular complexity index is 1080. The number of aromatic amines is 1. The SMILES string of the molecule is O=C(c1ccccc1)C(c1ccccc1)C(C(=O)c1ccccc1)c1nc[nH]n1. The van der Waals surface area contributed by atoms with E-state index in [0.717, 1.165) is 5.56 Å². The highest BCUT2D eigenvalue weighted by Gasteiger charge is 2.39. The van der Waals surface area contributed by atoms with E-state index in [9.17, 15) is 9.59 Å². The first kappa shape index (κ1) is 18.5. The topological polar surface area (TPSA) is 75.7 Å². The summed E-state index contributed by atoms with van der Waals surface area (Å²) in [7, 11) is 0. The Morgan fingerprint density at radius 1 is 0.655 bits per heavy atom. The number of carbonyl (C=O) groups is 2. The molecule has 1 heterocycles. The second-order valence-electron chi connectivity index (χ2n) is 6.68. The molecule has 29 heavy (non-hydrogen) atoms. The van der Waals surface area contributed by atoms with Crippen LogP contribution in [0.2, 0.25) is 0 Å². The number of benzene rings is 3. The molecule has 0 fully saturated rings. The molecule has 0 amide bonds. The van der Waals surface area contributed by atoms with Gasteiger partial charge in [0.1, 0.15) is 6.33 Å². The van der Waals surface area contributed by atoms with Gasteiger partial charge in [-0.1, -0.05) is 91.0 Å². The van der Waals surface area contributed by atoms with Gasteiger partial charge in [0.05, 0.1) is 11.8 Å². The zero-order valence-corrected chi connectivity index (χ0v) is 15.6. The molecule has 2 unspecified atom stereocenters. The zero-order valence-electron chi connectivity index (χ0n) is 15.6. The summed E-state index contributed by atoms with van der Waals surface area (Å²) in [6.07, 6.45) is 1.43. The van der Waals surface area contributed by atoms with E-state index in [4.69, 9.17) is 0 Å². The lowest BCUT2D eigenvalue weighted by Gasteiger charge is -2.24. The van der Waals surface area contributed by atoms with Gasteiger partial charge >= 0.3 is 0 Å². The van der Waals surface area contributed by atoms with Gasteiger partial charge in [0.25, 0.3) is 0 Å². The molecule has 142 valence electrons. The molecule has 0 radical (unpaired) electrons. The number of aromatic nitrogens is 3. The molecule has 5 heteroatoms. The van der Waals surface area contributed by atoms with E-state index in [0.29, 0.717) is 17.0 Å². The molecular formula is C24H19N3O2. The molecule has 3 aromatic carbocycles. The van der Waals surface area contributed by atoms with Gasteiger partial charge in [-0.15, -0.1) is 0 Å². The van der Waals surface area contributed by atoms with Crippen molar-refractivity contribution in [2.75, 3.05) is 0 Å². The minimum Gasteiger partial charge on any atom is -0.293 e. The molecule has 0 aliphatic heterocycles. The summed E-state index contributed by atoms with van der Waals surface area (Å²) in [5.74, 6) is -1.63. The fourth-order valence-corrected chi connectivity index (χ4v) is 3.51. The predicted octanol–water partition coefficient (Wildman–Crippen LogP) is 4.44. The third kappa shape index (κ3) is 3.89. The van der Waals surface area contributed by atoms with Crippen LogP contribution in [-0.4, -0.2) is 26.7 Å². The lowest BCUT2D eigenvalue weighted by Crippen LogP contribution is -2.28. The van der Waals surface area contributed by atoms with Crippen LogP contribution in [-0.2, 0) is 0 Å². The van der Waals surface area contributed by atoms with Crippen LogP contribution in [0.5, 0.6) is 0 Å². The van der Waals surface area contributed by atoms with Crippen LogP contribution in [0.1, 0.15) is 43.9 Å². The van der Waals surface area contributed by atoms with E-state index in [2.05, 4.69) is 15.2 Å². The number of carbonyl (C=O) groups excluding carboxylic acids is 2. The lowest BCUT2D eigenvalue weighted by atomic mass is 9.76. The molecule has 2 atom stereocenters. The zero-order chi connectivity index (χ0) is 20.1. The van der Waals surface area contributed by atoms with Gasteiger partial charge in [-0.05, 0) is 5.56 Å². The molecule has 1 N–H and O–H groups in total. The van der Waals surface area contributed by atoms with Gasteiger partial charge in [0.2, 0.25) is 0 Å². The van der Waals surface area contributed by atoms with Gasteiger partial charge in [0, 0.05) is 11.1 Å². The predicted molar refractivity (Wildman–Crippen MR) is 110 cm³/mol.